The van der Waals surface area contributed by atoms with Gasteiger partial charge < -0.3 is 10.0 Å². The third-order valence-electron chi connectivity index (χ3n) is 2.79. The molecule has 1 aromatic carbocycles. The maximum Gasteiger partial charge on any atom is 0.307 e. The molecule has 1 heterocycles. The molecule has 0 aliphatic carbocycles. The number of carbonyl (C=O) groups is 1. The molecule has 1 fully saturated rings. The van der Waals surface area contributed by atoms with Gasteiger partial charge in [0.2, 0.25) is 5.91 Å². The van der Waals surface area contributed by atoms with Crippen LogP contribution in [0.3, 0.4) is 0 Å². The van der Waals surface area contributed by atoms with E-state index < -0.39 is 45.9 Å². The Morgan fingerprint density at radius 2 is 2.05 bits per heavy atom. The van der Waals surface area contributed by atoms with Crippen molar-refractivity contribution in [3.63, 3.8) is 0 Å². The average Bonchev–Trinajstić information content (AvgIpc) is 2.65. The monoisotopic (exact) mass is 311 g/mol. The van der Waals surface area contributed by atoms with Gasteiger partial charge in [0.25, 0.3) is 0 Å². The van der Waals surface area contributed by atoms with Gasteiger partial charge >= 0.3 is 10.2 Å². The van der Waals surface area contributed by atoms with E-state index in [1.54, 1.807) is 0 Å². The van der Waals surface area contributed by atoms with Crippen LogP contribution in [0.2, 0.25) is 5.02 Å². The zero-order valence-electron chi connectivity index (χ0n) is 9.31. The minimum Gasteiger partial charge on any atom is -0.506 e. The molecule has 1 saturated heterocycles. The van der Waals surface area contributed by atoms with E-state index in [9.17, 15) is 26.6 Å². The number of rotatable bonds is 2. The number of benzene rings is 1. The first-order chi connectivity index (χ1) is 8.70. The maximum atomic E-state index is 13.6. The van der Waals surface area contributed by atoms with Crippen molar-refractivity contribution < 1.29 is 26.6 Å². The van der Waals surface area contributed by atoms with Gasteiger partial charge in [-0.3, -0.25) is 4.79 Å². The van der Waals surface area contributed by atoms with Crippen LogP contribution in [0.5, 0.6) is 5.75 Å². The third-order valence-corrected chi connectivity index (χ3v) is 4.21. The van der Waals surface area contributed by atoms with Crippen molar-refractivity contribution in [1.82, 2.24) is 0 Å². The fourth-order valence-electron chi connectivity index (χ4n) is 1.83. The van der Waals surface area contributed by atoms with Crippen LogP contribution in [0.1, 0.15) is 6.42 Å². The summed E-state index contributed by atoms with van der Waals surface area (Å²) in [5, 5.41) is 7.59. The lowest BCUT2D eigenvalue weighted by Crippen LogP contribution is -2.27. The zero-order valence-corrected chi connectivity index (χ0v) is 10.9. The van der Waals surface area contributed by atoms with E-state index in [1.807, 2.05) is 0 Å². The highest BCUT2D eigenvalue weighted by atomic mass is 35.5. The molecule has 0 spiro atoms. The first kappa shape index (κ1) is 14.0. The summed E-state index contributed by atoms with van der Waals surface area (Å²) in [4.78, 5) is 12.4. The summed E-state index contributed by atoms with van der Waals surface area (Å²) in [6.07, 6.45) is -0.568. The van der Waals surface area contributed by atoms with Gasteiger partial charge in [-0.1, -0.05) is 11.6 Å². The van der Waals surface area contributed by atoms with Crippen molar-refractivity contribution in [2.75, 3.05) is 11.4 Å². The lowest BCUT2D eigenvalue weighted by atomic mass is 10.2. The van der Waals surface area contributed by atoms with Crippen molar-refractivity contribution in [1.29, 1.82) is 0 Å². The molecule has 0 bridgehead atoms. The fraction of sp³-hybridized carbons (Fsp3) is 0.300. The summed E-state index contributed by atoms with van der Waals surface area (Å²) in [6, 6.07) is 1.68. The van der Waals surface area contributed by atoms with Gasteiger partial charge in [0.05, 0.1) is 10.7 Å². The highest BCUT2D eigenvalue weighted by Gasteiger charge is 2.40. The van der Waals surface area contributed by atoms with Crippen molar-refractivity contribution in [2.24, 2.45) is 0 Å². The highest BCUT2D eigenvalue weighted by Crippen LogP contribution is 2.34. The molecular weight excluding hydrogens is 304 g/mol. The first-order valence-corrected chi connectivity index (χ1v) is 6.94. The normalized spacial score (nSPS) is 20.1. The van der Waals surface area contributed by atoms with Gasteiger partial charge in [0.1, 0.15) is 16.8 Å². The smallest absolute Gasteiger partial charge is 0.307 e. The third kappa shape index (κ3) is 2.64. The van der Waals surface area contributed by atoms with Crippen LogP contribution in [0.15, 0.2) is 12.1 Å². The van der Waals surface area contributed by atoms with E-state index in [0.29, 0.717) is 0 Å². The molecule has 19 heavy (non-hydrogen) atoms. The van der Waals surface area contributed by atoms with Crippen LogP contribution < -0.4 is 4.90 Å². The second kappa shape index (κ2) is 4.61. The van der Waals surface area contributed by atoms with Gasteiger partial charge in [-0.25, -0.2) is 4.39 Å². The minimum absolute atomic E-state index is 0.248. The molecule has 5 nitrogen and oxygen atoms in total. The molecule has 1 amide bonds. The van der Waals surface area contributed by atoms with Crippen LogP contribution in [0.4, 0.5) is 14.0 Å². The molecule has 9 heteroatoms. The number of phenolic OH excluding ortho intramolecular Hbond substituents is 1. The second-order valence-corrected chi connectivity index (χ2v) is 6.09. The standard InChI is InChI=1S/C10H8ClF2NO4S/c11-6-2-7(12)8(3-9(6)15)14-4-5(1-10(14)16)19(13,17)18/h2-3,5,15H,1,4H2. The molecule has 1 N–H and O–H groups in total. The quantitative estimate of drug-likeness (QED) is 0.842. The number of carbonyl (C=O) groups excluding carboxylic acids is 1. The fourth-order valence-corrected chi connectivity index (χ4v) is 2.65. The number of halogens is 3. The van der Waals surface area contributed by atoms with Gasteiger partial charge in [-0.15, -0.1) is 3.89 Å². The van der Waals surface area contributed by atoms with Gasteiger partial charge in [-0.2, -0.15) is 8.42 Å². The van der Waals surface area contributed by atoms with Crippen molar-refractivity contribution >= 4 is 33.4 Å². The van der Waals surface area contributed by atoms with E-state index >= 15 is 0 Å². The Hall–Kier alpha value is -1.41. The zero-order chi connectivity index (χ0) is 14.4. The Bertz CT molecular complexity index is 649. The Balaban J connectivity index is 2.39. The largest absolute Gasteiger partial charge is 0.506 e. The summed E-state index contributed by atoms with van der Waals surface area (Å²) < 4.78 is 48.0. The lowest BCUT2D eigenvalue weighted by molar-refractivity contribution is -0.117. The predicted molar refractivity (Wildman–Crippen MR) is 63.9 cm³/mol. The molecule has 1 aliphatic heterocycles. The molecule has 0 aromatic heterocycles. The molecule has 104 valence electrons. The van der Waals surface area contributed by atoms with E-state index in [0.717, 1.165) is 17.0 Å². The topological polar surface area (TPSA) is 74.7 Å². The number of hydrogen-bond donors (Lipinski definition) is 1. The highest BCUT2D eigenvalue weighted by molar-refractivity contribution is 7.87. The Morgan fingerprint density at radius 1 is 1.42 bits per heavy atom. The molecule has 1 unspecified atom stereocenters. The molecular formula is C10H8ClF2NO4S. The van der Waals surface area contributed by atoms with Crippen LogP contribution in [-0.2, 0) is 15.0 Å². The van der Waals surface area contributed by atoms with Gasteiger partial charge in [0.15, 0.2) is 0 Å². The Morgan fingerprint density at radius 3 is 2.58 bits per heavy atom. The Kier molecular flexibility index (Phi) is 3.40. The molecule has 1 aliphatic rings. The number of amides is 1. The second-order valence-electron chi connectivity index (χ2n) is 4.06. The van der Waals surface area contributed by atoms with E-state index in [4.69, 9.17) is 11.6 Å². The first-order valence-electron chi connectivity index (χ1n) is 5.12. The molecule has 1 atom stereocenters. The maximum absolute atomic E-state index is 13.6. The molecule has 0 radical (unpaired) electrons. The average molecular weight is 312 g/mol. The molecule has 1 aromatic rings. The molecule has 0 saturated carbocycles. The summed E-state index contributed by atoms with van der Waals surface area (Å²) >= 11 is 5.48. The van der Waals surface area contributed by atoms with Crippen LogP contribution in [-0.4, -0.2) is 31.2 Å². The van der Waals surface area contributed by atoms with E-state index in [-0.39, 0.29) is 10.7 Å². The Labute approximate surface area is 112 Å². The minimum atomic E-state index is -4.88. The van der Waals surface area contributed by atoms with Crippen molar-refractivity contribution in [3.8, 4) is 5.75 Å². The van der Waals surface area contributed by atoms with Gasteiger partial charge in [-0.05, 0) is 6.07 Å². The predicted octanol–water partition coefficient (Wildman–Crippen LogP) is 1.59. The summed E-state index contributed by atoms with van der Waals surface area (Å²) in [6.45, 7) is -0.504. The van der Waals surface area contributed by atoms with Crippen LogP contribution in [0.25, 0.3) is 0 Å². The number of nitrogens with zero attached hydrogens (tertiary/aromatic N) is 1. The van der Waals surface area contributed by atoms with Crippen molar-refractivity contribution in [3.05, 3.63) is 23.0 Å². The van der Waals surface area contributed by atoms with Gasteiger partial charge in [0, 0.05) is 19.0 Å². The lowest BCUT2D eigenvalue weighted by Gasteiger charge is -2.17. The number of aromatic hydroxyl groups is 1. The van der Waals surface area contributed by atoms with Crippen LogP contribution >= 0.6 is 11.6 Å². The SMILES string of the molecule is O=C1CC(S(=O)(=O)F)CN1c1cc(O)c(Cl)cc1F. The van der Waals surface area contributed by atoms with Crippen LogP contribution in [0, 0.1) is 5.82 Å². The summed E-state index contributed by atoms with van der Waals surface area (Å²) in [5.41, 5.74) is -0.335. The number of phenols is 1. The summed E-state index contributed by atoms with van der Waals surface area (Å²) in [7, 11) is -4.88. The van der Waals surface area contributed by atoms with E-state index in [1.165, 1.54) is 0 Å². The van der Waals surface area contributed by atoms with Crippen molar-refractivity contribution in [2.45, 2.75) is 11.7 Å². The van der Waals surface area contributed by atoms with E-state index in [2.05, 4.69) is 0 Å². The molecule has 2 rings (SSSR count). The number of hydrogen-bond acceptors (Lipinski definition) is 4. The number of anilines is 1. The summed E-state index contributed by atoms with van der Waals surface area (Å²) in [5.74, 6) is -2.11.